The number of nitrogens with one attached hydrogen (secondary N) is 2. The highest BCUT2D eigenvalue weighted by Gasteiger charge is 2.19. The van der Waals surface area contributed by atoms with Crippen LogP contribution in [0.4, 0.5) is 14.9 Å². The van der Waals surface area contributed by atoms with Crippen molar-refractivity contribution in [1.29, 1.82) is 0 Å². The molecule has 1 aliphatic rings. The maximum Gasteiger partial charge on any atom is 0.335 e. The van der Waals surface area contributed by atoms with E-state index in [1.54, 1.807) is 0 Å². The third-order valence-corrected chi connectivity index (χ3v) is 2.90. The van der Waals surface area contributed by atoms with E-state index >= 15 is 0 Å². The van der Waals surface area contributed by atoms with Gasteiger partial charge in [-0.05, 0) is 37.5 Å². The molecule has 6 heteroatoms. The lowest BCUT2D eigenvalue weighted by Gasteiger charge is -2.26. The molecule has 1 fully saturated rings. The highest BCUT2D eigenvalue weighted by molar-refractivity contribution is 5.91. The summed E-state index contributed by atoms with van der Waals surface area (Å²) < 4.78 is 13.5. The highest BCUT2D eigenvalue weighted by Crippen LogP contribution is 2.19. The number of carbonyl (C=O) groups excluding carboxylic acids is 1. The van der Waals surface area contributed by atoms with E-state index in [0.29, 0.717) is 0 Å². The van der Waals surface area contributed by atoms with Crippen LogP contribution in [0.3, 0.4) is 0 Å². The van der Waals surface area contributed by atoms with Crippen LogP contribution in [0.15, 0.2) is 18.2 Å². The molecule has 0 heterocycles. The zero-order valence-corrected chi connectivity index (χ0v) is 9.57. The molecule has 5 nitrogen and oxygen atoms in total. The Morgan fingerprint density at radius 1 is 1.33 bits per heavy atom. The smallest absolute Gasteiger partial charge is 0.335 e. The molecular formula is C12H13FN2O3. The third-order valence-electron chi connectivity index (χ3n) is 2.90. The lowest BCUT2D eigenvalue weighted by molar-refractivity contribution is 0.0696. The van der Waals surface area contributed by atoms with Gasteiger partial charge in [0.25, 0.3) is 0 Å². The number of amides is 2. The molecule has 0 atom stereocenters. The fraction of sp³-hybridized carbons (Fsp3) is 0.333. The first-order chi connectivity index (χ1) is 8.56. The normalized spacial score (nSPS) is 14.7. The first kappa shape index (κ1) is 12.3. The van der Waals surface area contributed by atoms with Crippen LogP contribution in [0.25, 0.3) is 0 Å². The molecule has 96 valence electrons. The van der Waals surface area contributed by atoms with E-state index < -0.39 is 17.8 Å². The van der Waals surface area contributed by atoms with Gasteiger partial charge in [-0.25, -0.2) is 14.0 Å². The van der Waals surface area contributed by atoms with Gasteiger partial charge in [-0.15, -0.1) is 0 Å². The number of urea groups is 1. The minimum atomic E-state index is -1.21. The van der Waals surface area contributed by atoms with Crippen molar-refractivity contribution >= 4 is 17.7 Å². The summed E-state index contributed by atoms with van der Waals surface area (Å²) in [6.45, 7) is 0. The molecule has 3 N–H and O–H groups in total. The van der Waals surface area contributed by atoms with Gasteiger partial charge in [0.15, 0.2) is 0 Å². The summed E-state index contributed by atoms with van der Waals surface area (Å²) in [7, 11) is 0. The van der Waals surface area contributed by atoms with Crippen LogP contribution in [0.1, 0.15) is 29.6 Å². The van der Waals surface area contributed by atoms with Gasteiger partial charge < -0.3 is 15.7 Å². The lowest BCUT2D eigenvalue weighted by Crippen LogP contribution is -2.42. The molecule has 0 saturated heterocycles. The van der Waals surface area contributed by atoms with E-state index in [1.165, 1.54) is 12.1 Å². The Labute approximate surface area is 103 Å². The predicted octanol–water partition coefficient (Wildman–Crippen LogP) is 2.20. The van der Waals surface area contributed by atoms with Gasteiger partial charge >= 0.3 is 12.0 Å². The number of anilines is 1. The monoisotopic (exact) mass is 252 g/mol. The van der Waals surface area contributed by atoms with Crippen molar-refractivity contribution in [3.05, 3.63) is 29.6 Å². The molecule has 1 aromatic rings. The predicted molar refractivity (Wildman–Crippen MR) is 63.2 cm³/mol. The molecule has 1 saturated carbocycles. The largest absolute Gasteiger partial charge is 0.478 e. The summed E-state index contributed by atoms with van der Waals surface area (Å²) in [4.78, 5) is 22.1. The van der Waals surface area contributed by atoms with Crippen molar-refractivity contribution in [3.8, 4) is 0 Å². The second kappa shape index (κ2) is 5.03. The quantitative estimate of drug-likeness (QED) is 0.771. The van der Waals surface area contributed by atoms with Gasteiger partial charge in [0, 0.05) is 6.04 Å². The molecular weight excluding hydrogens is 239 g/mol. The number of benzene rings is 1. The highest BCUT2D eigenvalue weighted by atomic mass is 19.1. The Morgan fingerprint density at radius 2 is 2.06 bits per heavy atom. The second-order valence-corrected chi connectivity index (χ2v) is 4.23. The molecule has 0 aliphatic heterocycles. The first-order valence-electron chi connectivity index (χ1n) is 5.66. The van der Waals surface area contributed by atoms with Crippen LogP contribution in [0.2, 0.25) is 0 Å². The molecule has 0 unspecified atom stereocenters. The standard InChI is InChI=1S/C12H13FN2O3/c13-9-6-7(11(16)17)4-5-10(9)15-12(18)14-8-2-1-3-8/h4-6,8H,1-3H2,(H,16,17)(H2,14,15,18). The van der Waals surface area contributed by atoms with Crippen molar-refractivity contribution in [2.45, 2.75) is 25.3 Å². The number of carbonyl (C=O) groups is 2. The third kappa shape index (κ3) is 2.77. The summed E-state index contributed by atoms with van der Waals surface area (Å²) in [6, 6.07) is 3.04. The van der Waals surface area contributed by atoms with Crippen LogP contribution >= 0.6 is 0 Å². The molecule has 0 bridgehead atoms. The Bertz CT molecular complexity index is 486. The van der Waals surface area contributed by atoms with Gasteiger partial charge in [0.1, 0.15) is 5.82 Å². The number of rotatable bonds is 3. The molecule has 2 amide bonds. The Kier molecular flexibility index (Phi) is 3.45. The van der Waals surface area contributed by atoms with Crippen LogP contribution < -0.4 is 10.6 Å². The van der Waals surface area contributed by atoms with E-state index in [-0.39, 0.29) is 17.3 Å². The Balaban J connectivity index is 2.00. The molecule has 1 aromatic carbocycles. The van der Waals surface area contributed by atoms with E-state index in [2.05, 4.69) is 10.6 Å². The zero-order chi connectivity index (χ0) is 13.1. The number of aromatic carboxylic acids is 1. The SMILES string of the molecule is O=C(Nc1ccc(C(=O)O)cc1F)NC1CCC1. The topological polar surface area (TPSA) is 78.4 Å². The summed E-state index contributed by atoms with van der Waals surface area (Å²) in [5.41, 5.74) is -0.186. The average Bonchev–Trinajstić information content (AvgIpc) is 2.26. The lowest BCUT2D eigenvalue weighted by atomic mass is 9.93. The number of carboxylic acid groups (broad SMARTS) is 1. The summed E-state index contributed by atoms with van der Waals surface area (Å²) >= 11 is 0. The van der Waals surface area contributed by atoms with Gasteiger partial charge in [-0.2, -0.15) is 0 Å². The van der Waals surface area contributed by atoms with Crippen LogP contribution in [-0.2, 0) is 0 Å². The van der Waals surface area contributed by atoms with E-state index in [9.17, 15) is 14.0 Å². The van der Waals surface area contributed by atoms with E-state index in [4.69, 9.17) is 5.11 Å². The van der Waals surface area contributed by atoms with Gasteiger partial charge in [-0.1, -0.05) is 0 Å². The molecule has 2 rings (SSSR count). The van der Waals surface area contributed by atoms with Gasteiger partial charge in [-0.3, -0.25) is 0 Å². The molecule has 0 spiro atoms. The number of halogens is 1. The van der Waals surface area contributed by atoms with Crippen molar-refractivity contribution < 1.29 is 19.1 Å². The van der Waals surface area contributed by atoms with Crippen LogP contribution in [0, 0.1) is 5.82 Å². The Morgan fingerprint density at radius 3 is 2.56 bits per heavy atom. The van der Waals surface area contributed by atoms with Crippen molar-refractivity contribution in [3.63, 3.8) is 0 Å². The maximum atomic E-state index is 13.5. The summed E-state index contributed by atoms with van der Waals surface area (Å²) in [5, 5.41) is 13.7. The van der Waals surface area contributed by atoms with Crippen molar-refractivity contribution in [2.24, 2.45) is 0 Å². The number of hydrogen-bond donors (Lipinski definition) is 3. The number of carboxylic acids is 1. The van der Waals surface area contributed by atoms with Crippen molar-refractivity contribution in [1.82, 2.24) is 5.32 Å². The van der Waals surface area contributed by atoms with Crippen LogP contribution in [0.5, 0.6) is 0 Å². The molecule has 0 aromatic heterocycles. The molecule has 0 radical (unpaired) electrons. The summed E-state index contributed by atoms with van der Waals surface area (Å²) in [5.74, 6) is -1.97. The van der Waals surface area contributed by atoms with Crippen molar-refractivity contribution in [2.75, 3.05) is 5.32 Å². The summed E-state index contributed by atoms with van der Waals surface area (Å²) in [6.07, 6.45) is 2.97. The van der Waals surface area contributed by atoms with Gasteiger partial charge in [0.2, 0.25) is 0 Å². The minimum Gasteiger partial charge on any atom is -0.478 e. The minimum absolute atomic E-state index is 0.0307. The van der Waals surface area contributed by atoms with Crippen LogP contribution in [-0.4, -0.2) is 23.1 Å². The van der Waals surface area contributed by atoms with E-state index in [1.807, 2.05) is 0 Å². The van der Waals surface area contributed by atoms with E-state index in [0.717, 1.165) is 25.3 Å². The maximum absolute atomic E-state index is 13.5. The zero-order valence-electron chi connectivity index (χ0n) is 9.57. The molecule has 1 aliphatic carbocycles. The average molecular weight is 252 g/mol. The fourth-order valence-corrected chi connectivity index (χ4v) is 1.65. The first-order valence-corrected chi connectivity index (χ1v) is 5.66. The Hall–Kier alpha value is -2.11. The number of hydrogen-bond acceptors (Lipinski definition) is 2. The molecule has 18 heavy (non-hydrogen) atoms. The van der Waals surface area contributed by atoms with Gasteiger partial charge in [0.05, 0.1) is 11.3 Å². The fourth-order valence-electron chi connectivity index (χ4n) is 1.65. The second-order valence-electron chi connectivity index (χ2n) is 4.23.